The Bertz CT molecular complexity index is 336. The molecule has 0 heterocycles. The van der Waals surface area contributed by atoms with E-state index >= 15 is 0 Å². The largest absolute Gasteiger partial charge is 0.378 e. The first-order valence-electron chi connectivity index (χ1n) is 6.94. The van der Waals surface area contributed by atoms with Crippen molar-refractivity contribution in [2.75, 3.05) is 0 Å². The Kier molecular flexibility index (Phi) is 10.2. The van der Waals surface area contributed by atoms with Gasteiger partial charge >= 0.3 is 0 Å². The average molecular weight is 246 g/mol. The summed E-state index contributed by atoms with van der Waals surface area (Å²) in [6.45, 7) is 5.56. The van der Waals surface area contributed by atoms with Crippen LogP contribution in [0.1, 0.15) is 65.7 Å². The number of aliphatic hydroxyl groups is 1. The van der Waals surface area contributed by atoms with Crippen molar-refractivity contribution in [2.24, 2.45) is 0 Å². The second-order valence-corrected chi connectivity index (χ2v) is 5.00. The van der Waals surface area contributed by atoms with Crippen molar-refractivity contribution in [3.05, 3.63) is 12.2 Å². The Hall–Kier alpha value is -1.18. The van der Waals surface area contributed by atoms with Crippen molar-refractivity contribution in [3.8, 4) is 23.7 Å². The fraction of sp³-hybridized carbons (Fsp3) is 0.647. The molecule has 0 atom stereocenters. The lowest BCUT2D eigenvalue weighted by Gasteiger charge is -2.04. The van der Waals surface area contributed by atoms with Crippen LogP contribution in [0, 0.1) is 23.7 Å². The first kappa shape index (κ1) is 16.8. The molecule has 0 aliphatic carbocycles. The van der Waals surface area contributed by atoms with Crippen molar-refractivity contribution < 1.29 is 5.11 Å². The van der Waals surface area contributed by atoms with Crippen LogP contribution in [0.3, 0.4) is 0 Å². The van der Waals surface area contributed by atoms with E-state index in [1.165, 1.54) is 38.5 Å². The van der Waals surface area contributed by atoms with Crippen molar-refractivity contribution in [2.45, 2.75) is 71.3 Å². The Morgan fingerprint density at radius 1 is 0.944 bits per heavy atom. The predicted molar refractivity (Wildman–Crippen MR) is 79.0 cm³/mol. The van der Waals surface area contributed by atoms with Gasteiger partial charge in [-0.25, -0.2) is 0 Å². The normalized spacial score (nSPS) is 10.7. The van der Waals surface area contributed by atoms with Gasteiger partial charge in [-0.05, 0) is 32.4 Å². The van der Waals surface area contributed by atoms with Crippen LogP contribution in [0.5, 0.6) is 0 Å². The van der Waals surface area contributed by atoms with Gasteiger partial charge in [0.05, 0.1) is 0 Å². The lowest BCUT2D eigenvalue weighted by atomic mass is 10.1. The molecule has 0 amide bonds. The molecule has 0 rings (SSSR count). The number of hydrogen-bond donors (Lipinski definition) is 1. The quantitative estimate of drug-likeness (QED) is 0.553. The summed E-state index contributed by atoms with van der Waals surface area (Å²) in [5.41, 5.74) is -0.920. The Morgan fingerprint density at radius 2 is 1.56 bits per heavy atom. The van der Waals surface area contributed by atoms with Crippen molar-refractivity contribution >= 4 is 0 Å². The van der Waals surface area contributed by atoms with Crippen molar-refractivity contribution in [3.63, 3.8) is 0 Å². The van der Waals surface area contributed by atoms with Gasteiger partial charge in [0.2, 0.25) is 0 Å². The van der Waals surface area contributed by atoms with Crippen LogP contribution < -0.4 is 0 Å². The molecule has 0 spiro atoms. The standard InChI is InChI=1S/C17H26O/c1-4-5-6-7-8-9-10-11-12-13-14-15-16-17(2,3)18/h13-14,18H,4-10H2,1-3H3/b14-13-. The summed E-state index contributed by atoms with van der Waals surface area (Å²) >= 11 is 0. The van der Waals surface area contributed by atoms with Gasteiger partial charge in [0.15, 0.2) is 0 Å². The zero-order chi connectivity index (χ0) is 13.7. The van der Waals surface area contributed by atoms with Crippen LogP contribution in [-0.2, 0) is 0 Å². The van der Waals surface area contributed by atoms with E-state index in [4.69, 9.17) is 0 Å². The second-order valence-electron chi connectivity index (χ2n) is 5.00. The zero-order valence-corrected chi connectivity index (χ0v) is 12.1. The van der Waals surface area contributed by atoms with Gasteiger partial charge in [-0.2, -0.15) is 0 Å². The molecule has 0 radical (unpaired) electrons. The van der Waals surface area contributed by atoms with E-state index in [-0.39, 0.29) is 0 Å². The first-order chi connectivity index (χ1) is 8.56. The van der Waals surface area contributed by atoms with E-state index in [0.29, 0.717) is 0 Å². The summed E-state index contributed by atoms with van der Waals surface area (Å²) in [5.74, 6) is 11.5. The number of hydrogen-bond acceptors (Lipinski definition) is 1. The Morgan fingerprint density at radius 3 is 2.22 bits per heavy atom. The van der Waals surface area contributed by atoms with Gasteiger partial charge in [-0.1, -0.05) is 62.7 Å². The van der Waals surface area contributed by atoms with Crippen LogP contribution in [0.25, 0.3) is 0 Å². The molecule has 0 aliphatic heterocycles. The van der Waals surface area contributed by atoms with Gasteiger partial charge in [0.25, 0.3) is 0 Å². The molecular formula is C17H26O. The van der Waals surface area contributed by atoms with E-state index in [9.17, 15) is 5.11 Å². The van der Waals surface area contributed by atoms with Crippen LogP contribution in [0.15, 0.2) is 12.2 Å². The molecule has 0 aliphatic rings. The van der Waals surface area contributed by atoms with E-state index in [1.807, 2.05) is 0 Å². The van der Waals surface area contributed by atoms with Crippen molar-refractivity contribution in [1.29, 1.82) is 0 Å². The van der Waals surface area contributed by atoms with E-state index in [1.54, 1.807) is 26.0 Å². The maximum Gasteiger partial charge on any atom is 0.120 e. The van der Waals surface area contributed by atoms with E-state index in [0.717, 1.165) is 6.42 Å². The molecule has 0 bridgehead atoms. The lowest BCUT2D eigenvalue weighted by molar-refractivity contribution is 0.143. The maximum absolute atomic E-state index is 9.34. The summed E-state index contributed by atoms with van der Waals surface area (Å²) in [6.07, 6.45) is 12.2. The highest BCUT2D eigenvalue weighted by Gasteiger charge is 2.04. The fourth-order valence-electron chi connectivity index (χ4n) is 1.43. The van der Waals surface area contributed by atoms with E-state index in [2.05, 4.69) is 30.6 Å². The summed E-state index contributed by atoms with van der Waals surface area (Å²) in [5, 5.41) is 9.34. The summed E-state index contributed by atoms with van der Waals surface area (Å²) < 4.78 is 0. The molecule has 0 saturated heterocycles. The number of allylic oxidation sites excluding steroid dienone is 2. The molecule has 0 aromatic heterocycles. The molecule has 1 heteroatoms. The van der Waals surface area contributed by atoms with Crippen LogP contribution in [-0.4, -0.2) is 10.7 Å². The molecule has 0 unspecified atom stereocenters. The second kappa shape index (κ2) is 10.9. The van der Waals surface area contributed by atoms with Crippen LogP contribution in [0.2, 0.25) is 0 Å². The average Bonchev–Trinajstić information content (AvgIpc) is 2.29. The molecule has 1 N–H and O–H groups in total. The lowest BCUT2D eigenvalue weighted by Crippen LogP contribution is -2.14. The van der Waals surface area contributed by atoms with Gasteiger partial charge in [0, 0.05) is 6.42 Å². The highest BCUT2D eigenvalue weighted by atomic mass is 16.3. The molecule has 18 heavy (non-hydrogen) atoms. The predicted octanol–water partition coefficient (Wildman–Crippen LogP) is 4.07. The monoisotopic (exact) mass is 246 g/mol. The molecule has 0 aromatic rings. The van der Waals surface area contributed by atoms with Crippen LogP contribution >= 0.6 is 0 Å². The third-order valence-electron chi connectivity index (χ3n) is 2.39. The summed E-state index contributed by atoms with van der Waals surface area (Å²) in [4.78, 5) is 0. The van der Waals surface area contributed by atoms with Crippen molar-refractivity contribution in [1.82, 2.24) is 0 Å². The minimum Gasteiger partial charge on any atom is -0.378 e. The smallest absolute Gasteiger partial charge is 0.120 e. The van der Waals surface area contributed by atoms with Gasteiger partial charge < -0.3 is 5.11 Å². The Labute approximate surface area is 113 Å². The third-order valence-corrected chi connectivity index (χ3v) is 2.39. The maximum atomic E-state index is 9.34. The molecule has 0 aromatic carbocycles. The van der Waals surface area contributed by atoms with Gasteiger partial charge in [0.1, 0.15) is 5.60 Å². The van der Waals surface area contributed by atoms with Crippen LogP contribution in [0.4, 0.5) is 0 Å². The summed E-state index contributed by atoms with van der Waals surface area (Å²) in [7, 11) is 0. The van der Waals surface area contributed by atoms with E-state index < -0.39 is 5.60 Å². The fourth-order valence-corrected chi connectivity index (χ4v) is 1.43. The molecule has 1 nitrogen and oxygen atoms in total. The molecular weight excluding hydrogens is 220 g/mol. The Balaban J connectivity index is 3.55. The molecule has 0 saturated carbocycles. The zero-order valence-electron chi connectivity index (χ0n) is 12.1. The number of unbranched alkanes of at least 4 members (excludes halogenated alkanes) is 6. The SMILES string of the molecule is CCCCCCCCC#C/C=C\C#CC(C)(C)O. The highest BCUT2D eigenvalue weighted by Crippen LogP contribution is 2.05. The third kappa shape index (κ3) is 14.8. The number of rotatable bonds is 6. The van der Waals surface area contributed by atoms with Gasteiger partial charge in [-0.15, -0.1) is 0 Å². The minimum atomic E-state index is -0.920. The molecule has 0 fully saturated rings. The highest BCUT2D eigenvalue weighted by molar-refractivity contribution is 5.26. The molecule has 100 valence electrons. The first-order valence-corrected chi connectivity index (χ1v) is 6.94. The minimum absolute atomic E-state index is 0.920. The topological polar surface area (TPSA) is 20.2 Å². The van der Waals surface area contributed by atoms with Gasteiger partial charge in [-0.3, -0.25) is 0 Å². The summed E-state index contributed by atoms with van der Waals surface area (Å²) in [6, 6.07) is 0.